The lowest BCUT2D eigenvalue weighted by Crippen LogP contribution is -2.33. The fourth-order valence-corrected chi connectivity index (χ4v) is 4.36. The Bertz CT molecular complexity index is 1250. The molecule has 0 aliphatic rings. The van der Waals surface area contributed by atoms with Crippen molar-refractivity contribution in [3.8, 4) is 5.75 Å². The van der Waals surface area contributed by atoms with Crippen molar-refractivity contribution >= 4 is 16.0 Å². The molecule has 3 aromatic rings. The molecule has 3 rings (SSSR count). The minimum absolute atomic E-state index is 0.0218. The number of carbonyl (C=O) groups excluding carboxylic acids is 1. The van der Waals surface area contributed by atoms with Gasteiger partial charge in [0.25, 0.3) is 5.91 Å². The van der Waals surface area contributed by atoms with Crippen molar-refractivity contribution in [2.45, 2.75) is 37.6 Å². The second kappa shape index (κ2) is 11.0. The Balaban J connectivity index is 1.79. The van der Waals surface area contributed by atoms with E-state index in [4.69, 9.17) is 8.92 Å². The molecule has 0 aromatic heterocycles. The normalized spacial score (nSPS) is 11.8. The number of rotatable bonds is 9. The van der Waals surface area contributed by atoms with E-state index in [1.807, 2.05) is 24.3 Å². The first kappa shape index (κ1) is 26.4. The highest BCUT2D eigenvalue weighted by Gasteiger charge is 2.20. The minimum atomic E-state index is -4.13. The first-order chi connectivity index (χ1) is 16.5. The Morgan fingerprint density at radius 1 is 0.971 bits per heavy atom. The molecule has 8 heteroatoms. The largest absolute Gasteiger partial charge is 0.383 e. The summed E-state index contributed by atoms with van der Waals surface area (Å²) in [6.45, 7) is 7.27. The first-order valence-corrected chi connectivity index (χ1v) is 12.6. The number of methoxy groups -OCH3 is 1. The van der Waals surface area contributed by atoms with E-state index in [-0.39, 0.29) is 28.5 Å². The maximum absolute atomic E-state index is 13.3. The van der Waals surface area contributed by atoms with Crippen LogP contribution in [0.15, 0.2) is 77.7 Å². The zero-order valence-electron chi connectivity index (χ0n) is 20.3. The van der Waals surface area contributed by atoms with Gasteiger partial charge in [-0.25, -0.2) is 4.39 Å². The quantitative estimate of drug-likeness (QED) is 0.380. The van der Waals surface area contributed by atoms with Crippen molar-refractivity contribution in [1.29, 1.82) is 0 Å². The lowest BCUT2D eigenvalue weighted by molar-refractivity contribution is 0.0680. The average Bonchev–Trinajstić information content (AvgIpc) is 2.81. The van der Waals surface area contributed by atoms with E-state index >= 15 is 0 Å². The highest BCUT2D eigenvalue weighted by atomic mass is 32.2. The van der Waals surface area contributed by atoms with Crippen LogP contribution >= 0.6 is 0 Å². The molecule has 0 aliphatic carbocycles. The van der Waals surface area contributed by atoms with E-state index in [0.29, 0.717) is 24.3 Å². The number of benzene rings is 3. The average molecular weight is 500 g/mol. The van der Waals surface area contributed by atoms with E-state index in [1.165, 1.54) is 6.07 Å². The zero-order chi connectivity index (χ0) is 25.6. The van der Waals surface area contributed by atoms with E-state index in [9.17, 15) is 17.6 Å². The van der Waals surface area contributed by atoms with Crippen LogP contribution in [0.1, 0.15) is 42.3 Å². The van der Waals surface area contributed by atoms with Gasteiger partial charge in [-0.15, -0.1) is 0 Å². The van der Waals surface area contributed by atoms with E-state index in [0.717, 1.165) is 29.8 Å². The molecule has 0 saturated carbocycles. The number of amides is 1. The standard InChI is InChI=1S/C27H30FNO5S/c1-27(2,3)22-10-8-21(9-11-22)26(30)29(16-17-33-4)19-20-6-5-7-24(18-20)34-35(31,32)25-14-12-23(28)13-15-25/h5-15,18H,16-17,19H2,1-4H3. The van der Waals surface area contributed by atoms with Crippen molar-refractivity contribution in [2.24, 2.45) is 0 Å². The number of carbonyl (C=O) groups is 1. The van der Waals surface area contributed by atoms with Crippen molar-refractivity contribution in [1.82, 2.24) is 4.90 Å². The van der Waals surface area contributed by atoms with E-state index in [1.54, 1.807) is 30.2 Å². The molecule has 0 spiro atoms. The summed E-state index contributed by atoms with van der Waals surface area (Å²) < 4.78 is 48.7. The van der Waals surface area contributed by atoms with Crippen LogP contribution in [0.25, 0.3) is 0 Å². The third kappa shape index (κ3) is 7.13. The Morgan fingerprint density at radius 2 is 1.63 bits per heavy atom. The lowest BCUT2D eigenvalue weighted by Gasteiger charge is -2.24. The van der Waals surface area contributed by atoms with Crippen LogP contribution in [-0.4, -0.2) is 39.5 Å². The van der Waals surface area contributed by atoms with Crippen molar-refractivity contribution in [3.63, 3.8) is 0 Å². The Labute approximate surface area is 206 Å². The third-order valence-corrected chi connectivity index (χ3v) is 6.69. The predicted octanol–water partition coefficient (Wildman–Crippen LogP) is 5.18. The van der Waals surface area contributed by atoms with Gasteiger partial charge in [0, 0.05) is 25.8 Å². The van der Waals surface area contributed by atoms with Gasteiger partial charge in [0.15, 0.2) is 0 Å². The smallest absolute Gasteiger partial charge is 0.339 e. The predicted molar refractivity (Wildman–Crippen MR) is 132 cm³/mol. The Hall–Kier alpha value is -3.23. The van der Waals surface area contributed by atoms with E-state index in [2.05, 4.69) is 20.8 Å². The second-order valence-corrected chi connectivity index (χ2v) is 10.7. The van der Waals surface area contributed by atoms with Gasteiger partial charge in [-0.1, -0.05) is 45.0 Å². The molecule has 0 N–H and O–H groups in total. The summed E-state index contributed by atoms with van der Waals surface area (Å²) in [4.78, 5) is 14.7. The minimum Gasteiger partial charge on any atom is -0.383 e. The molecule has 0 atom stereocenters. The summed E-state index contributed by atoms with van der Waals surface area (Å²) in [7, 11) is -2.57. The molecule has 1 amide bonds. The van der Waals surface area contributed by atoms with Gasteiger partial charge in [-0.3, -0.25) is 4.79 Å². The van der Waals surface area contributed by atoms with Gasteiger partial charge in [0.05, 0.1) is 6.61 Å². The molecular weight excluding hydrogens is 469 g/mol. The first-order valence-electron chi connectivity index (χ1n) is 11.2. The van der Waals surface area contributed by atoms with Crippen LogP contribution < -0.4 is 4.18 Å². The second-order valence-electron chi connectivity index (χ2n) is 9.19. The molecule has 0 bridgehead atoms. The maximum Gasteiger partial charge on any atom is 0.339 e. The highest BCUT2D eigenvalue weighted by molar-refractivity contribution is 7.87. The summed E-state index contributed by atoms with van der Waals surface area (Å²) in [5.74, 6) is -0.604. The molecule has 0 radical (unpaired) electrons. The van der Waals surface area contributed by atoms with Crippen LogP contribution in [0.2, 0.25) is 0 Å². The number of hydrogen-bond acceptors (Lipinski definition) is 5. The van der Waals surface area contributed by atoms with E-state index < -0.39 is 15.9 Å². The Kier molecular flexibility index (Phi) is 8.30. The maximum atomic E-state index is 13.3. The molecule has 0 aliphatic heterocycles. The molecular formula is C27H30FNO5S. The van der Waals surface area contributed by atoms with Crippen molar-refractivity contribution in [3.05, 3.63) is 95.3 Å². The number of ether oxygens (including phenoxy) is 1. The number of nitrogens with zero attached hydrogens (tertiary/aromatic N) is 1. The molecule has 0 fully saturated rings. The fraction of sp³-hybridized carbons (Fsp3) is 0.296. The van der Waals surface area contributed by atoms with Gasteiger partial charge in [-0.2, -0.15) is 8.42 Å². The van der Waals surface area contributed by atoms with Gasteiger partial charge in [0.1, 0.15) is 16.5 Å². The number of halogens is 1. The molecule has 35 heavy (non-hydrogen) atoms. The Morgan fingerprint density at radius 3 is 2.23 bits per heavy atom. The summed E-state index contributed by atoms with van der Waals surface area (Å²) in [6, 6.07) is 18.5. The topological polar surface area (TPSA) is 72.9 Å². The van der Waals surface area contributed by atoms with Crippen LogP contribution in [0, 0.1) is 5.82 Å². The van der Waals surface area contributed by atoms with Crippen LogP contribution in [0.4, 0.5) is 4.39 Å². The number of hydrogen-bond donors (Lipinski definition) is 0. The van der Waals surface area contributed by atoms with Crippen LogP contribution in [-0.2, 0) is 26.8 Å². The van der Waals surface area contributed by atoms with Crippen LogP contribution in [0.5, 0.6) is 5.75 Å². The molecule has 186 valence electrons. The summed E-state index contributed by atoms with van der Waals surface area (Å²) in [5.41, 5.74) is 2.35. The molecule has 6 nitrogen and oxygen atoms in total. The molecule has 0 unspecified atom stereocenters. The van der Waals surface area contributed by atoms with Gasteiger partial charge in [0.2, 0.25) is 0 Å². The summed E-state index contributed by atoms with van der Waals surface area (Å²) >= 11 is 0. The van der Waals surface area contributed by atoms with Gasteiger partial charge < -0.3 is 13.8 Å². The molecule has 0 heterocycles. The molecule has 0 saturated heterocycles. The lowest BCUT2D eigenvalue weighted by atomic mass is 9.86. The van der Waals surface area contributed by atoms with Crippen molar-refractivity contribution < 1.29 is 26.5 Å². The monoisotopic (exact) mass is 499 g/mol. The molecule has 3 aromatic carbocycles. The third-order valence-electron chi connectivity index (χ3n) is 5.43. The van der Waals surface area contributed by atoms with Crippen LogP contribution in [0.3, 0.4) is 0 Å². The van der Waals surface area contributed by atoms with Gasteiger partial charge in [-0.05, 0) is 65.1 Å². The summed E-state index contributed by atoms with van der Waals surface area (Å²) in [6.07, 6.45) is 0. The zero-order valence-corrected chi connectivity index (χ0v) is 21.1. The fourth-order valence-electron chi connectivity index (χ4n) is 3.44. The highest BCUT2D eigenvalue weighted by Crippen LogP contribution is 2.24. The van der Waals surface area contributed by atoms with Gasteiger partial charge >= 0.3 is 10.1 Å². The SMILES string of the molecule is COCCN(Cc1cccc(OS(=O)(=O)c2ccc(F)cc2)c1)C(=O)c1ccc(C(C)(C)C)cc1. The van der Waals surface area contributed by atoms with Crippen molar-refractivity contribution in [2.75, 3.05) is 20.3 Å². The summed E-state index contributed by atoms with van der Waals surface area (Å²) in [5, 5.41) is 0.